The molecule has 2 aliphatic rings. The Morgan fingerprint density at radius 1 is 1.08 bits per heavy atom. The molecule has 1 N–H and O–H groups in total. The number of nitrogens with one attached hydrogen (secondary N) is 1. The zero-order valence-corrected chi connectivity index (χ0v) is 15.3. The number of hydrogen-bond donors (Lipinski definition) is 1. The molecule has 2 aliphatic heterocycles. The van der Waals surface area contributed by atoms with Crippen molar-refractivity contribution in [1.29, 1.82) is 0 Å². The van der Waals surface area contributed by atoms with E-state index in [1.165, 1.54) is 5.56 Å². The summed E-state index contributed by atoms with van der Waals surface area (Å²) in [7, 11) is 0. The number of amides is 2. The number of rotatable bonds is 5. The molecule has 2 atom stereocenters. The molecule has 0 saturated carbocycles. The Morgan fingerprint density at radius 3 is 2.48 bits per heavy atom. The van der Waals surface area contributed by atoms with Crippen LogP contribution in [0.2, 0.25) is 0 Å². The van der Waals surface area contributed by atoms with Crippen LogP contribution < -0.4 is 5.32 Å². The van der Waals surface area contributed by atoms with Crippen LogP contribution >= 0.6 is 0 Å². The minimum Gasteiger partial charge on any atom is -0.351 e. The van der Waals surface area contributed by atoms with Gasteiger partial charge in [0, 0.05) is 32.1 Å². The van der Waals surface area contributed by atoms with Crippen molar-refractivity contribution in [2.24, 2.45) is 0 Å². The molecule has 2 fully saturated rings. The van der Waals surface area contributed by atoms with E-state index in [2.05, 4.69) is 41.4 Å². The first kappa shape index (κ1) is 17.9. The average Bonchev–Trinajstić information content (AvgIpc) is 3.22. The summed E-state index contributed by atoms with van der Waals surface area (Å²) in [4.78, 5) is 28.5. The minimum atomic E-state index is 0.0693. The van der Waals surface area contributed by atoms with Crippen molar-refractivity contribution in [3.05, 3.63) is 35.4 Å². The van der Waals surface area contributed by atoms with Gasteiger partial charge in [0.05, 0.1) is 6.54 Å². The van der Waals surface area contributed by atoms with E-state index in [-0.39, 0.29) is 17.9 Å². The highest BCUT2D eigenvalue weighted by molar-refractivity contribution is 5.78. The van der Waals surface area contributed by atoms with Gasteiger partial charge in [-0.2, -0.15) is 0 Å². The fourth-order valence-corrected chi connectivity index (χ4v) is 4.21. The van der Waals surface area contributed by atoms with Crippen molar-refractivity contribution in [3.63, 3.8) is 0 Å². The molecular formula is C20H29N3O2. The molecule has 5 nitrogen and oxygen atoms in total. The van der Waals surface area contributed by atoms with E-state index in [9.17, 15) is 9.59 Å². The van der Waals surface area contributed by atoms with E-state index in [1.807, 2.05) is 4.90 Å². The first-order valence-electron chi connectivity index (χ1n) is 9.38. The Bertz CT molecular complexity index is 614. The topological polar surface area (TPSA) is 52.7 Å². The van der Waals surface area contributed by atoms with Crippen molar-refractivity contribution in [2.45, 2.75) is 58.2 Å². The summed E-state index contributed by atoms with van der Waals surface area (Å²) in [5.41, 5.74) is 2.34. The molecule has 0 aromatic heterocycles. The van der Waals surface area contributed by atoms with Gasteiger partial charge < -0.3 is 10.2 Å². The van der Waals surface area contributed by atoms with Crippen LogP contribution in [0.15, 0.2) is 24.3 Å². The summed E-state index contributed by atoms with van der Waals surface area (Å²) in [6.45, 7) is 6.53. The lowest BCUT2D eigenvalue weighted by atomic mass is 10.0. The Morgan fingerprint density at radius 2 is 1.76 bits per heavy atom. The molecule has 2 amide bonds. The van der Waals surface area contributed by atoms with E-state index in [0.717, 1.165) is 44.3 Å². The Balaban J connectivity index is 1.53. The summed E-state index contributed by atoms with van der Waals surface area (Å²) in [5.74, 6) is 0.234. The molecular weight excluding hydrogens is 314 g/mol. The summed E-state index contributed by atoms with van der Waals surface area (Å²) in [6, 6.07) is 8.85. The van der Waals surface area contributed by atoms with Gasteiger partial charge in [-0.1, -0.05) is 29.8 Å². The molecule has 25 heavy (non-hydrogen) atoms. The maximum absolute atomic E-state index is 12.4. The van der Waals surface area contributed by atoms with Gasteiger partial charge >= 0.3 is 0 Å². The standard InChI is InChI=1S/C20H29N3O2/c1-15-7-9-17(10-8-15)13-21-20(25)14-22-11-3-5-18(22)19-6-4-12-23(19)16(2)24/h7-10,18-19H,3-6,11-14H2,1-2H3,(H,21,25)/t18-,19-/m1/s1. The molecule has 0 spiro atoms. The average molecular weight is 343 g/mol. The Hall–Kier alpha value is -1.88. The Kier molecular flexibility index (Phi) is 5.74. The highest BCUT2D eigenvalue weighted by atomic mass is 16.2. The third-order valence-electron chi connectivity index (χ3n) is 5.52. The fraction of sp³-hybridized carbons (Fsp3) is 0.600. The minimum absolute atomic E-state index is 0.0693. The monoisotopic (exact) mass is 343 g/mol. The number of carbonyl (C=O) groups is 2. The second kappa shape index (κ2) is 8.00. The van der Waals surface area contributed by atoms with Crippen LogP contribution in [-0.2, 0) is 16.1 Å². The third kappa shape index (κ3) is 4.40. The Labute approximate surface area is 150 Å². The van der Waals surface area contributed by atoms with E-state index < -0.39 is 0 Å². The van der Waals surface area contributed by atoms with Crippen LogP contribution in [0.1, 0.15) is 43.7 Å². The maximum Gasteiger partial charge on any atom is 0.234 e. The lowest BCUT2D eigenvalue weighted by Gasteiger charge is -2.34. The predicted molar refractivity (Wildman–Crippen MR) is 98.0 cm³/mol. The first-order valence-corrected chi connectivity index (χ1v) is 9.38. The lowest BCUT2D eigenvalue weighted by molar-refractivity contribution is -0.130. The van der Waals surface area contributed by atoms with Crippen LogP contribution in [0, 0.1) is 6.92 Å². The van der Waals surface area contributed by atoms with Crippen molar-refractivity contribution >= 4 is 11.8 Å². The molecule has 2 heterocycles. The van der Waals surface area contributed by atoms with Crippen molar-refractivity contribution in [3.8, 4) is 0 Å². The number of aryl methyl sites for hydroxylation is 1. The molecule has 0 bridgehead atoms. The lowest BCUT2D eigenvalue weighted by Crippen LogP contribution is -2.50. The van der Waals surface area contributed by atoms with E-state index in [0.29, 0.717) is 19.1 Å². The van der Waals surface area contributed by atoms with Crippen LogP contribution in [0.25, 0.3) is 0 Å². The van der Waals surface area contributed by atoms with E-state index in [4.69, 9.17) is 0 Å². The first-order chi connectivity index (χ1) is 12.0. The zero-order valence-electron chi connectivity index (χ0n) is 15.3. The molecule has 5 heteroatoms. The largest absolute Gasteiger partial charge is 0.351 e. The van der Waals surface area contributed by atoms with Gasteiger partial charge in [-0.05, 0) is 44.7 Å². The number of benzene rings is 1. The van der Waals surface area contributed by atoms with Gasteiger partial charge in [-0.25, -0.2) is 0 Å². The summed E-state index contributed by atoms with van der Waals surface area (Å²) in [6.07, 6.45) is 4.33. The van der Waals surface area contributed by atoms with E-state index >= 15 is 0 Å². The molecule has 0 radical (unpaired) electrons. The highest BCUT2D eigenvalue weighted by Gasteiger charge is 2.39. The van der Waals surface area contributed by atoms with Gasteiger partial charge in [0.15, 0.2) is 0 Å². The number of hydrogen-bond acceptors (Lipinski definition) is 3. The summed E-state index contributed by atoms with van der Waals surface area (Å²) in [5, 5.41) is 3.03. The molecule has 136 valence electrons. The number of carbonyl (C=O) groups excluding carboxylic acids is 2. The van der Waals surface area contributed by atoms with Crippen LogP contribution in [0.4, 0.5) is 0 Å². The second-order valence-corrected chi connectivity index (χ2v) is 7.36. The van der Waals surface area contributed by atoms with Gasteiger partial charge in [0.2, 0.25) is 11.8 Å². The van der Waals surface area contributed by atoms with Crippen molar-refractivity contribution < 1.29 is 9.59 Å². The van der Waals surface area contributed by atoms with Crippen molar-refractivity contribution in [2.75, 3.05) is 19.6 Å². The quantitative estimate of drug-likeness (QED) is 0.891. The molecule has 3 rings (SSSR count). The molecule has 2 saturated heterocycles. The highest BCUT2D eigenvalue weighted by Crippen LogP contribution is 2.29. The van der Waals surface area contributed by atoms with Crippen LogP contribution in [0.3, 0.4) is 0 Å². The summed E-state index contributed by atoms with van der Waals surface area (Å²) < 4.78 is 0. The van der Waals surface area contributed by atoms with E-state index in [1.54, 1.807) is 6.92 Å². The normalized spacial score (nSPS) is 23.8. The molecule has 0 unspecified atom stereocenters. The van der Waals surface area contributed by atoms with Gasteiger partial charge in [-0.15, -0.1) is 0 Å². The van der Waals surface area contributed by atoms with Crippen molar-refractivity contribution in [1.82, 2.24) is 15.1 Å². The molecule has 1 aromatic rings. The SMILES string of the molecule is CC(=O)N1CCC[C@@H]1[C@H]1CCCN1CC(=O)NCc1ccc(C)cc1. The van der Waals surface area contributed by atoms with Gasteiger partial charge in [0.25, 0.3) is 0 Å². The second-order valence-electron chi connectivity index (χ2n) is 7.36. The maximum atomic E-state index is 12.4. The van der Waals surface area contributed by atoms with Crippen LogP contribution in [0.5, 0.6) is 0 Å². The zero-order chi connectivity index (χ0) is 17.8. The number of likely N-dealkylation sites (tertiary alicyclic amines) is 2. The molecule has 0 aliphatic carbocycles. The van der Waals surface area contributed by atoms with Crippen LogP contribution in [-0.4, -0.2) is 53.3 Å². The molecule has 1 aromatic carbocycles. The summed E-state index contributed by atoms with van der Waals surface area (Å²) >= 11 is 0. The van der Waals surface area contributed by atoms with Gasteiger partial charge in [0.1, 0.15) is 0 Å². The predicted octanol–water partition coefficient (Wildman–Crippen LogP) is 2.09. The third-order valence-corrected chi connectivity index (χ3v) is 5.52. The fourth-order valence-electron chi connectivity index (χ4n) is 4.21. The van der Waals surface area contributed by atoms with Gasteiger partial charge in [-0.3, -0.25) is 14.5 Å². The smallest absolute Gasteiger partial charge is 0.234 e. The number of nitrogens with zero attached hydrogens (tertiary/aromatic N) is 2.